The van der Waals surface area contributed by atoms with Crippen molar-refractivity contribution < 1.29 is 19.1 Å². The molecule has 3 amide bonds. The number of amides is 3. The maximum Gasteiger partial charge on any atom is 0.265 e. The summed E-state index contributed by atoms with van der Waals surface area (Å²) in [5.74, 6) is -0.128. The minimum atomic E-state index is -0.404. The summed E-state index contributed by atoms with van der Waals surface area (Å²) < 4.78 is 6.25. The van der Waals surface area contributed by atoms with Gasteiger partial charge in [-0.15, -0.1) is 0 Å². The van der Waals surface area contributed by atoms with Crippen LogP contribution in [-0.4, -0.2) is 37.4 Å². The van der Waals surface area contributed by atoms with Gasteiger partial charge < -0.3 is 15.4 Å². The lowest BCUT2D eigenvalue weighted by Gasteiger charge is -2.29. The maximum absolute atomic E-state index is 12.7. The molecule has 0 saturated carbocycles. The quantitative estimate of drug-likeness (QED) is 0.693. The molecule has 0 saturated heterocycles. The van der Waals surface area contributed by atoms with Crippen LogP contribution in [0.4, 0.5) is 11.4 Å². The molecule has 0 spiro atoms. The topological polar surface area (TPSA) is 87.7 Å². The van der Waals surface area contributed by atoms with Crippen LogP contribution in [0.1, 0.15) is 24.2 Å². The Kier molecular flexibility index (Phi) is 6.53. The average Bonchev–Trinajstić information content (AvgIpc) is 2.68. The number of ether oxygens (including phenoxy) is 1. The zero-order chi connectivity index (χ0) is 21.0. The number of nitrogens with one attached hydrogen (secondary N) is 2. The number of benzene rings is 2. The Morgan fingerprint density at radius 1 is 1.21 bits per heavy atom. The predicted molar refractivity (Wildman–Crippen MR) is 114 cm³/mol. The van der Waals surface area contributed by atoms with Crippen molar-refractivity contribution in [3.63, 3.8) is 0 Å². The molecule has 1 aliphatic rings. The summed E-state index contributed by atoms with van der Waals surface area (Å²) in [4.78, 5) is 38.8. The molecule has 0 radical (unpaired) electrons. The summed E-state index contributed by atoms with van der Waals surface area (Å²) in [6.07, 6.45) is 0. The van der Waals surface area contributed by atoms with Crippen molar-refractivity contribution in [2.75, 3.05) is 29.9 Å². The molecule has 0 aromatic heterocycles. The van der Waals surface area contributed by atoms with Crippen LogP contribution in [0.15, 0.2) is 46.9 Å². The van der Waals surface area contributed by atoms with Crippen molar-refractivity contribution in [3.05, 3.63) is 52.5 Å². The standard InChI is InChI=1S/C21H22BrN3O4/c1-13(2)10-23-21(28)15-5-3-4-6-16(15)24-19(26)11-25-17-8-7-14(22)9-18(17)29-12-20(25)27/h3-9,13H,10-12H2,1-2H3,(H,23,28)(H,24,26). The fraction of sp³-hybridized carbons (Fsp3) is 0.286. The van der Waals surface area contributed by atoms with E-state index in [1.54, 1.807) is 42.5 Å². The van der Waals surface area contributed by atoms with Gasteiger partial charge in [-0.1, -0.05) is 41.9 Å². The number of carbonyl (C=O) groups excluding carboxylic acids is 3. The van der Waals surface area contributed by atoms with Crippen molar-refractivity contribution in [2.24, 2.45) is 5.92 Å². The molecule has 0 fully saturated rings. The van der Waals surface area contributed by atoms with Gasteiger partial charge in [0.25, 0.3) is 11.8 Å². The van der Waals surface area contributed by atoms with E-state index in [9.17, 15) is 14.4 Å². The van der Waals surface area contributed by atoms with Crippen LogP contribution >= 0.6 is 15.9 Å². The van der Waals surface area contributed by atoms with E-state index in [1.807, 2.05) is 13.8 Å². The van der Waals surface area contributed by atoms with Gasteiger partial charge >= 0.3 is 0 Å². The van der Waals surface area contributed by atoms with Gasteiger partial charge in [-0.3, -0.25) is 19.3 Å². The van der Waals surface area contributed by atoms with Gasteiger partial charge in [0.05, 0.1) is 16.9 Å². The molecule has 1 aliphatic heterocycles. The number of nitrogens with zero attached hydrogens (tertiary/aromatic N) is 1. The number of anilines is 2. The zero-order valence-electron chi connectivity index (χ0n) is 16.2. The highest BCUT2D eigenvalue weighted by Crippen LogP contribution is 2.34. The summed E-state index contributed by atoms with van der Waals surface area (Å²) >= 11 is 3.36. The number of rotatable bonds is 6. The molecule has 0 atom stereocenters. The largest absolute Gasteiger partial charge is 0.482 e. The molecule has 3 rings (SSSR count). The van der Waals surface area contributed by atoms with Crippen LogP contribution in [0.3, 0.4) is 0 Å². The highest BCUT2D eigenvalue weighted by atomic mass is 79.9. The normalized spacial score (nSPS) is 13.0. The van der Waals surface area contributed by atoms with E-state index in [4.69, 9.17) is 4.74 Å². The van der Waals surface area contributed by atoms with Crippen molar-refractivity contribution in [3.8, 4) is 5.75 Å². The number of fused-ring (bicyclic) bond motifs is 1. The molecule has 1 heterocycles. The summed E-state index contributed by atoms with van der Waals surface area (Å²) in [7, 11) is 0. The Morgan fingerprint density at radius 2 is 1.97 bits per heavy atom. The lowest BCUT2D eigenvalue weighted by atomic mass is 10.1. The number of halogens is 1. The molecule has 2 aromatic rings. The first-order chi connectivity index (χ1) is 13.8. The number of para-hydroxylation sites is 1. The van der Waals surface area contributed by atoms with Crippen LogP contribution in [0.5, 0.6) is 5.75 Å². The summed E-state index contributed by atoms with van der Waals surface area (Å²) in [5.41, 5.74) is 1.30. The molecule has 0 aliphatic carbocycles. The smallest absolute Gasteiger partial charge is 0.265 e. The maximum atomic E-state index is 12.7. The van der Waals surface area contributed by atoms with Crippen LogP contribution in [0, 0.1) is 5.92 Å². The van der Waals surface area contributed by atoms with E-state index in [1.165, 1.54) is 4.90 Å². The van der Waals surface area contributed by atoms with Crippen LogP contribution < -0.4 is 20.3 Å². The molecule has 2 aromatic carbocycles. The highest BCUT2D eigenvalue weighted by Gasteiger charge is 2.27. The van der Waals surface area contributed by atoms with E-state index in [-0.39, 0.29) is 25.0 Å². The Balaban J connectivity index is 1.74. The molecule has 7 nitrogen and oxygen atoms in total. The second-order valence-electron chi connectivity index (χ2n) is 7.08. The number of hydrogen-bond donors (Lipinski definition) is 2. The average molecular weight is 460 g/mol. The molecule has 152 valence electrons. The van der Waals surface area contributed by atoms with Crippen molar-refractivity contribution in [2.45, 2.75) is 13.8 Å². The highest BCUT2D eigenvalue weighted by molar-refractivity contribution is 9.10. The third kappa shape index (κ3) is 5.14. The monoisotopic (exact) mass is 459 g/mol. The second kappa shape index (κ2) is 9.09. The van der Waals surface area contributed by atoms with Crippen LogP contribution in [-0.2, 0) is 9.59 Å². The Hall–Kier alpha value is -2.87. The first kappa shape index (κ1) is 20.9. The predicted octanol–water partition coefficient (Wildman–Crippen LogP) is 3.20. The van der Waals surface area contributed by atoms with E-state index >= 15 is 0 Å². The van der Waals surface area contributed by atoms with Crippen LogP contribution in [0.2, 0.25) is 0 Å². The molecule has 0 bridgehead atoms. The summed E-state index contributed by atoms with van der Waals surface area (Å²) in [6.45, 7) is 4.23. The SMILES string of the molecule is CC(C)CNC(=O)c1ccccc1NC(=O)CN1C(=O)COc2cc(Br)ccc21. The van der Waals surface area contributed by atoms with Gasteiger partial charge in [-0.05, 0) is 36.2 Å². The van der Waals surface area contributed by atoms with Gasteiger partial charge in [0.2, 0.25) is 5.91 Å². The minimum Gasteiger partial charge on any atom is -0.482 e. The first-order valence-electron chi connectivity index (χ1n) is 9.25. The van der Waals surface area contributed by atoms with E-state index in [2.05, 4.69) is 26.6 Å². The molecule has 29 heavy (non-hydrogen) atoms. The molecule has 2 N–H and O–H groups in total. The lowest BCUT2D eigenvalue weighted by molar-refractivity contribution is -0.123. The summed E-state index contributed by atoms with van der Waals surface area (Å²) in [6, 6.07) is 12.0. The Bertz CT molecular complexity index is 945. The molecule has 8 heteroatoms. The second-order valence-corrected chi connectivity index (χ2v) is 7.99. The van der Waals surface area contributed by atoms with Gasteiger partial charge in [-0.25, -0.2) is 0 Å². The summed E-state index contributed by atoms with van der Waals surface area (Å²) in [5, 5.41) is 5.59. The lowest BCUT2D eigenvalue weighted by Crippen LogP contribution is -2.43. The minimum absolute atomic E-state index is 0.134. The van der Waals surface area contributed by atoms with Gasteiger partial charge in [-0.2, -0.15) is 0 Å². The van der Waals surface area contributed by atoms with Crippen molar-refractivity contribution >= 4 is 45.0 Å². The molecule has 0 unspecified atom stereocenters. The molecular weight excluding hydrogens is 438 g/mol. The van der Waals surface area contributed by atoms with Gasteiger partial charge in [0, 0.05) is 11.0 Å². The molecular formula is C21H22BrN3O4. The number of hydrogen-bond acceptors (Lipinski definition) is 4. The van der Waals surface area contributed by atoms with E-state index in [0.717, 1.165) is 4.47 Å². The van der Waals surface area contributed by atoms with Gasteiger partial charge in [0.1, 0.15) is 12.3 Å². The first-order valence-corrected chi connectivity index (χ1v) is 10.0. The van der Waals surface area contributed by atoms with Gasteiger partial charge in [0.15, 0.2) is 6.61 Å². The third-order valence-electron chi connectivity index (χ3n) is 4.28. The van der Waals surface area contributed by atoms with E-state index < -0.39 is 5.91 Å². The Labute approximate surface area is 177 Å². The van der Waals surface area contributed by atoms with Crippen molar-refractivity contribution in [1.82, 2.24) is 5.32 Å². The third-order valence-corrected chi connectivity index (χ3v) is 4.78. The van der Waals surface area contributed by atoms with Crippen molar-refractivity contribution in [1.29, 1.82) is 0 Å². The Morgan fingerprint density at radius 3 is 2.72 bits per heavy atom. The zero-order valence-corrected chi connectivity index (χ0v) is 17.8. The van der Waals surface area contributed by atoms with E-state index in [0.29, 0.717) is 35.2 Å². The number of carbonyl (C=O) groups is 3. The fourth-order valence-corrected chi connectivity index (χ4v) is 3.21. The fourth-order valence-electron chi connectivity index (χ4n) is 2.87. The van der Waals surface area contributed by atoms with Crippen LogP contribution in [0.25, 0.3) is 0 Å².